The van der Waals surface area contributed by atoms with Gasteiger partial charge in [-0.05, 0) is 12.1 Å². The summed E-state index contributed by atoms with van der Waals surface area (Å²) in [6, 6.07) is 6.62. The number of pyridine rings is 1. The van der Waals surface area contributed by atoms with Crippen LogP contribution in [0.25, 0.3) is 10.9 Å². The third-order valence-corrected chi connectivity index (χ3v) is 2.98. The van der Waals surface area contributed by atoms with Crippen LogP contribution in [0.2, 0.25) is 0 Å². The number of nitro benzene ring substituents is 1. The number of hydrogen-bond acceptors (Lipinski definition) is 6. The molecule has 7 nitrogen and oxygen atoms in total. The van der Waals surface area contributed by atoms with E-state index in [0.29, 0.717) is 11.2 Å². The number of nitrogens with zero attached hydrogens (tertiary/aromatic N) is 3. The lowest BCUT2D eigenvalue weighted by Crippen LogP contribution is -2.30. The molecule has 0 radical (unpaired) electrons. The fraction of sp³-hybridized carbons (Fsp3) is 0.308. The summed E-state index contributed by atoms with van der Waals surface area (Å²) in [5, 5.41) is 30.2. The second-order valence-corrected chi connectivity index (χ2v) is 4.20. The van der Waals surface area contributed by atoms with Gasteiger partial charge in [0.2, 0.25) is 0 Å². The molecule has 0 amide bonds. The van der Waals surface area contributed by atoms with Crippen LogP contribution in [0.5, 0.6) is 0 Å². The van der Waals surface area contributed by atoms with Gasteiger partial charge in [0.25, 0.3) is 5.69 Å². The van der Waals surface area contributed by atoms with E-state index < -0.39 is 4.92 Å². The molecule has 106 valence electrons. The number of anilines is 1. The first-order chi connectivity index (χ1) is 9.69. The SMILES string of the molecule is O=[N+]([O-])c1ccc2cccnc2c1N(CCO)CCO. The molecule has 0 atom stereocenters. The first kappa shape index (κ1) is 14.2. The highest BCUT2D eigenvalue weighted by molar-refractivity contribution is 5.95. The summed E-state index contributed by atoms with van der Waals surface area (Å²) in [5.74, 6) is 0. The fourth-order valence-corrected chi connectivity index (χ4v) is 2.15. The Hall–Kier alpha value is -2.25. The van der Waals surface area contributed by atoms with Gasteiger partial charge in [0, 0.05) is 30.7 Å². The van der Waals surface area contributed by atoms with Gasteiger partial charge in [-0.1, -0.05) is 6.07 Å². The minimum absolute atomic E-state index is 0.0851. The predicted molar refractivity (Wildman–Crippen MR) is 74.8 cm³/mol. The summed E-state index contributed by atoms with van der Waals surface area (Å²) in [7, 11) is 0. The van der Waals surface area contributed by atoms with Crippen LogP contribution in [0.3, 0.4) is 0 Å². The predicted octanol–water partition coefficient (Wildman–Crippen LogP) is 0.934. The van der Waals surface area contributed by atoms with Gasteiger partial charge in [0.05, 0.1) is 18.1 Å². The maximum absolute atomic E-state index is 11.2. The number of nitro groups is 1. The molecule has 2 rings (SSSR count). The van der Waals surface area contributed by atoms with Gasteiger partial charge in [0.15, 0.2) is 0 Å². The molecule has 1 aromatic heterocycles. The minimum Gasteiger partial charge on any atom is -0.395 e. The number of rotatable bonds is 6. The van der Waals surface area contributed by atoms with Crippen LogP contribution in [-0.4, -0.2) is 46.4 Å². The van der Waals surface area contributed by atoms with Crippen molar-refractivity contribution in [2.75, 3.05) is 31.2 Å². The first-order valence-electron chi connectivity index (χ1n) is 6.18. The summed E-state index contributed by atoms with van der Waals surface area (Å²) >= 11 is 0. The van der Waals surface area contributed by atoms with Crippen LogP contribution in [0.15, 0.2) is 30.5 Å². The van der Waals surface area contributed by atoms with Crippen molar-refractivity contribution in [2.45, 2.75) is 0 Å². The quantitative estimate of drug-likeness (QED) is 0.602. The summed E-state index contributed by atoms with van der Waals surface area (Å²) < 4.78 is 0. The summed E-state index contributed by atoms with van der Waals surface area (Å²) in [4.78, 5) is 16.5. The molecule has 0 fully saturated rings. The number of fused-ring (bicyclic) bond motifs is 1. The Morgan fingerprint density at radius 2 is 1.90 bits per heavy atom. The van der Waals surface area contributed by atoms with Crippen molar-refractivity contribution in [3.05, 3.63) is 40.6 Å². The second kappa shape index (κ2) is 6.27. The van der Waals surface area contributed by atoms with E-state index in [1.54, 1.807) is 23.2 Å². The Balaban J connectivity index is 2.67. The molecule has 1 aromatic carbocycles. The van der Waals surface area contributed by atoms with Gasteiger partial charge in [-0.15, -0.1) is 0 Å². The largest absolute Gasteiger partial charge is 0.395 e. The van der Waals surface area contributed by atoms with E-state index in [4.69, 9.17) is 10.2 Å². The molecule has 0 bridgehead atoms. The Labute approximate surface area is 115 Å². The molecular formula is C13H15N3O4. The standard InChI is InChI=1S/C13H15N3O4/c17-8-6-15(7-9-18)13-11(16(19)20)4-3-10-2-1-5-14-12(10)13/h1-5,17-18H,6-9H2. The normalized spacial score (nSPS) is 10.7. The minimum atomic E-state index is -0.481. The third-order valence-electron chi connectivity index (χ3n) is 2.98. The lowest BCUT2D eigenvalue weighted by molar-refractivity contribution is -0.384. The summed E-state index contributed by atoms with van der Waals surface area (Å²) in [5.41, 5.74) is 0.734. The second-order valence-electron chi connectivity index (χ2n) is 4.20. The molecule has 2 N–H and O–H groups in total. The molecule has 0 saturated heterocycles. The molecule has 20 heavy (non-hydrogen) atoms. The Kier molecular flexibility index (Phi) is 4.44. The zero-order valence-electron chi connectivity index (χ0n) is 10.8. The molecule has 1 heterocycles. The van der Waals surface area contributed by atoms with Crippen LogP contribution in [0, 0.1) is 10.1 Å². The van der Waals surface area contributed by atoms with E-state index >= 15 is 0 Å². The van der Waals surface area contributed by atoms with Crippen LogP contribution in [-0.2, 0) is 0 Å². The van der Waals surface area contributed by atoms with Crippen LogP contribution in [0.4, 0.5) is 11.4 Å². The molecule has 0 aliphatic rings. The van der Waals surface area contributed by atoms with Gasteiger partial charge in [-0.2, -0.15) is 0 Å². The molecule has 0 unspecified atom stereocenters. The van der Waals surface area contributed by atoms with E-state index in [1.165, 1.54) is 6.07 Å². The van der Waals surface area contributed by atoms with E-state index in [-0.39, 0.29) is 32.0 Å². The number of hydrogen-bond donors (Lipinski definition) is 2. The molecule has 0 saturated carbocycles. The topological polar surface area (TPSA) is 99.7 Å². The zero-order chi connectivity index (χ0) is 14.5. The van der Waals surface area contributed by atoms with Crippen LogP contribution in [0.1, 0.15) is 0 Å². The monoisotopic (exact) mass is 277 g/mol. The Morgan fingerprint density at radius 3 is 2.50 bits per heavy atom. The molecule has 0 aliphatic carbocycles. The Bertz CT molecular complexity index is 612. The maximum atomic E-state index is 11.2. The van der Waals surface area contributed by atoms with Crippen LogP contribution >= 0.6 is 0 Å². The van der Waals surface area contributed by atoms with Gasteiger partial charge in [-0.25, -0.2) is 0 Å². The average molecular weight is 277 g/mol. The first-order valence-corrected chi connectivity index (χ1v) is 6.18. The number of benzene rings is 1. The van der Waals surface area contributed by atoms with E-state index in [9.17, 15) is 10.1 Å². The lowest BCUT2D eigenvalue weighted by atomic mass is 10.1. The van der Waals surface area contributed by atoms with Crippen LogP contribution < -0.4 is 4.90 Å². The van der Waals surface area contributed by atoms with Crippen molar-refractivity contribution >= 4 is 22.3 Å². The van der Waals surface area contributed by atoms with Crippen molar-refractivity contribution in [1.82, 2.24) is 4.98 Å². The molecule has 0 aliphatic heterocycles. The zero-order valence-corrected chi connectivity index (χ0v) is 10.8. The smallest absolute Gasteiger partial charge is 0.294 e. The van der Waals surface area contributed by atoms with Crippen molar-refractivity contribution in [3.63, 3.8) is 0 Å². The van der Waals surface area contributed by atoms with Crippen molar-refractivity contribution in [2.24, 2.45) is 0 Å². The lowest BCUT2D eigenvalue weighted by Gasteiger charge is -2.23. The van der Waals surface area contributed by atoms with Crippen molar-refractivity contribution < 1.29 is 15.1 Å². The number of aliphatic hydroxyl groups excluding tert-OH is 2. The fourth-order valence-electron chi connectivity index (χ4n) is 2.15. The highest BCUT2D eigenvalue weighted by atomic mass is 16.6. The van der Waals surface area contributed by atoms with E-state index in [0.717, 1.165) is 5.39 Å². The summed E-state index contributed by atoms with van der Waals surface area (Å²) in [6.07, 6.45) is 1.56. The van der Waals surface area contributed by atoms with Gasteiger partial charge in [-0.3, -0.25) is 15.1 Å². The van der Waals surface area contributed by atoms with Crippen molar-refractivity contribution in [1.29, 1.82) is 0 Å². The van der Waals surface area contributed by atoms with Gasteiger partial charge >= 0.3 is 0 Å². The molecular weight excluding hydrogens is 262 g/mol. The highest BCUT2D eigenvalue weighted by Gasteiger charge is 2.22. The number of aromatic nitrogens is 1. The van der Waals surface area contributed by atoms with Gasteiger partial charge < -0.3 is 15.1 Å². The van der Waals surface area contributed by atoms with Gasteiger partial charge in [0.1, 0.15) is 11.2 Å². The highest BCUT2D eigenvalue weighted by Crippen LogP contribution is 2.34. The van der Waals surface area contributed by atoms with Crippen molar-refractivity contribution in [3.8, 4) is 0 Å². The molecule has 0 spiro atoms. The molecule has 7 heteroatoms. The number of aliphatic hydroxyl groups is 2. The average Bonchev–Trinajstić information content (AvgIpc) is 2.45. The molecule has 2 aromatic rings. The Morgan fingerprint density at radius 1 is 1.20 bits per heavy atom. The van der Waals surface area contributed by atoms with E-state index in [2.05, 4.69) is 4.98 Å². The van der Waals surface area contributed by atoms with E-state index in [1.807, 2.05) is 6.07 Å². The third kappa shape index (κ3) is 2.68. The maximum Gasteiger partial charge on any atom is 0.294 e. The summed E-state index contributed by atoms with van der Waals surface area (Å²) in [6.45, 7) is 0.0505.